The maximum absolute atomic E-state index is 10.5. The molecule has 8 heavy (non-hydrogen) atoms. The van der Waals surface area contributed by atoms with Gasteiger partial charge in [-0.3, -0.25) is 4.18 Å². The highest BCUT2D eigenvalue weighted by molar-refractivity contribution is 9.09. The van der Waals surface area contributed by atoms with Crippen molar-refractivity contribution in [3.05, 3.63) is 12.2 Å². The van der Waals surface area contributed by atoms with Gasteiger partial charge in [0, 0.05) is 0 Å². The van der Waals surface area contributed by atoms with E-state index in [2.05, 4.69) is 15.9 Å². The van der Waals surface area contributed by atoms with E-state index in [1.165, 1.54) is 0 Å². The third-order valence-corrected chi connectivity index (χ3v) is 2.35. The van der Waals surface area contributed by atoms with Crippen LogP contribution in [0.1, 0.15) is 0 Å². The van der Waals surface area contributed by atoms with E-state index in [-0.39, 0.29) is 5.01 Å². The lowest BCUT2D eigenvalue weighted by Gasteiger charge is -2.08. The number of halogens is 1. The molecule has 1 aliphatic heterocycles. The molecule has 0 amide bonds. The van der Waals surface area contributed by atoms with Crippen LogP contribution in [0.25, 0.3) is 0 Å². The van der Waals surface area contributed by atoms with Crippen molar-refractivity contribution in [3.8, 4) is 0 Å². The molecular formula is C4H5BrO2S. The predicted molar refractivity (Wildman–Crippen MR) is 35.9 cm³/mol. The average Bonchev–Trinajstić information content (AvgIpc) is 1.64. The summed E-state index contributed by atoms with van der Waals surface area (Å²) in [5, 5.41) is -0.155. The van der Waals surface area contributed by atoms with Gasteiger partial charge >= 0.3 is 0 Å². The summed E-state index contributed by atoms with van der Waals surface area (Å²) in [6.07, 6.45) is 3.65. The van der Waals surface area contributed by atoms with Gasteiger partial charge in [0.15, 0.2) is 11.1 Å². The second-order valence-electron chi connectivity index (χ2n) is 1.35. The SMILES string of the molecule is O=S1CC=C[C@H](Br)O1. The summed E-state index contributed by atoms with van der Waals surface area (Å²) in [5.74, 6) is 0.516. The van der Waals surface area contributed by atoms with Gasteiger partial charge < -0.3 is 0 Å². The highest BCUT2D eigenvalue weighted by atomic mass is 79.9. The zero-order valence-corrected chi connectivity index (χ0v) is 6.44. The van der Waals surface area contributed by atoms with E-state index < -0.39 is 11.1 Å². The van der Waals surface area contributed by atoms with E-state index in [9.17, 15) is 4.21 Å². The minimum Gasteiger partial charge on any atom is -0.271 e. The highest BCUT2D eigenvalue weighted by Gasteiger charge is 2.08. The van der Waals surface area contributed by atoms with Crippen LogP contribution in [0.2, 0.25) is 0 Å². The Morgan fingerprint density at radius 2 is 2.62 bits per heavy atom. The molecule has 0 fully saturated rings. The lowest BCUT2D eigenvalue weighted by Crippen LogP contribution is -2.11. The third kappa shape index (κ3) is 1.69. The summed E-state index contributed by atoms with van der Waals surface area (Å²) in [5.41, 5.74) is 0. The van der Waals surface area contributed by atoms with Gasteiger partial charge in [-0.1, -0.05) is 22.0 Å². The summed E-state index contributed by atoms with van der Waals surface area (Å²) >= 11 is 2.02. The smallest absolute Gasteiger partial charge is 0.160 e. The molecule has 1 aliphatic rings. The summed E-state index contributed by atoms with van der Waals surface area (Å²) < 4.78 is 15.3. The first-order chi connectivity index (χ1) is 3.79. The Kier molecular flexibility index (Phi) is 2.22. The molecule has 1 unspecified atom stereocenters. The fourth-order valence-corrected chi connectivity index (χ4v) is 1.76. The molecule has 0 aromatic rings. The van der Waals surface area contributed by atoms with Crippen LogP contribution in [-0.4, -0.2) is 15.0 Å². The Hall–Kier alpha value is 0.330. The van der Waals surface area contributed by atoms with Crippen molar-refractivity contribution in [2.45, 2.75) is 5.01 Å². The van der Waals surface area contributed by atoms with Crippen molar-refractivity contribution < 1.29 is 8.39 Å². The molecule has 0 spiro atoms. The molecule has 0 bridgehead atoms. The van der Waals surface area contributed by atoms with Crippen molar-refractivity contribution >= 4 is 27.0 Å². The van der Waals surface area contributed by atoms with Crippen LogP contribution >= 0.6 is 15.9 Å². The van der Waals surface area contributed by atoms with Crippen LogP contribution in [0.3, 0.4) is 0 Å². The maximum atomic E-state index is 10.5. The molecule has 4 heteroatoms. The van der Waals surface area contributed by atoms with Crippen LogP contribution in [0.5, 0.6) is 0 Å². The van der Waals surface area contributed by atoms with Crippen LogP contribution in [-0.2, 0) is 15.3 Å². The molecular weight excluding hydrogens is 192 g/mol. The lowest BCUT2D eigenvalue weighted by atomic mass is 10.5. The summed E-state index contributed by atoms with van der Waals surface area (Å²) in [6.45, 7) is 0. The monoisotopic (exact) mass is 196 g/mol. The molecule has 0 aromatic carbocycles. The van der Waals surface area contributed by atoms with Gasteiger partial charge in [-0.15, -0.1) is 0 Å². The van der Waals surface area contributed by atoms with Crippen LogP contribution in [0.4, 0.5) is 0 Å². The minimum absolute atomic E-state index is 0.155. The van der Waals surface area contributed by atoms with E-state index >= 15 is 0 Å². The van der Waals surface area contributed by atoms with Crippen molar-refractivity contribution in [1.29, 1.82) is 0 Å². The highest BCUT2D eigenvalue weighted by Crippen LogP contribution is 2.10. The normalized spacial score (nSPS) is 37.6. The Morgan fingerprint density at radius 1 is 1.88 bits per heavy atom. The molecule has 46 valence electrons. The van der Waals surface area contributed by atoms with Crippen LogP contribution in [0.15, 0.2) is 12.2 Å². The Balaban J connectivity index is 2.54. The quantitative estimate of drug-likeness (QED) is 0.427. The number of hydrogen-bond donors (Lipinski definition) is 0. The van der Waals surface area contributed by atoms with Crippen LogP contribution in [0, 0.1) is 0 Å². The standard InChI is InChI=1S/C4H5BrO2S/c5-4-2-1-3-8(6)7-4/h1-2,4H,3H2/t4-,8?/m1/s1. The molecule has 0 N–H and O–H groups in total. The minimum atomic E-state index is -1.10. The zero-order valence-electron chi connectivity index (χ0n) is 4.04. The van der Waals surface area contributed by atoms with Gasteiger partial charge in [-0.2, -0.15) is 0 Å². The fourth-order valence-electron chi connectivity index (χ4n) is 0.415. The van der Waals surface area contributed by atoms with E-state index in [0.717, 1.165) is 0 Å². The molecule has 2 atom stereocenters. The van der Waals surface area contributed by atoms with E-state index in [1.807, 2.05) is 12.2 Å². The van der Waals surface area contributed by atoms with E-state index in [0.29, 0.717) is 5.75 Å². The summed E-state index contributed by atoms with van der Waals surface area (Å²) in [7, 11) is 0. The summed E-state index contributed by atoms with van der Waals surface area (Å²) in [6, 6.07) is 0. The summed E-state index contributed by atoms with van der Waals surface area (Å²) in [4.78, 5) is 0. The predicted octanol–water partition coefficient (Wildman–Crippen LogP) is 0.958. The second kappa shape index (κ2) is 2.75. The van der Waals surface area contributed by atoms with Crippen molar-refractivity contribution in [3.63, 3.8) is 0 Å². The first kappa shape index (κ1) is 6.45. The maximum Gasteiger partial charge on any atom is 0.160 e. The van der Waals surface area contributed by atoms with Crippen LogP contribution < -0.4 is 0 Å². The molecule has 0 aliphatic carbocycles. The Bertz CT molecular complexity index is 134. The third-order valence-electron chi connectivity index (χ3n) is 0.719. The second-order valence-corrected chi connectivity index (χ2v) is 3.38. The zero-order chi connectivity index (χ0) is 5.98. The van der Waals surface area contributed by atoms with E-state index in [1.54, 1.807) is 0 Å². The number of hydrogen-bond acceptors (Lipinski definition) is 2. The number of alkyl halides is 1. The Labute approximate surface area is 58.7 Å². The van der Waals surface area contributed by atoms with E-state index in [4.69, 9.17) is 4.18 Å². The first-order valence-corrected chi connectivity index (χ1v) is 4.31. The molecule has 2 nitrogen and oxygen atoms in total. The largest absolute Gasteiger partial charge is 0.271 e. The van der Waals surface area contributed by atoms with Gasteiger partial charge in [0.25, 0.3) is 0 Å². The lowest BCUT2D eigenvalue weighted by molar-refractivity contribution is 0.366. The molecule has 0 saturated carbocycles. The molecule has 0 aromatic heterocycles. The molecule has 1 rings (SSSR count). The van der Waals surface area contributed by atoms with Gasteiger partial charge in [-0.05, 0) is 6.08 Å². The number of rotatable bonds is 0. The molecule has 1 heterocycles. The molecule has 0 saturated heterocycles. The average molecular weight is 197 g/mol. The van der Waals surface area contributed by atoms with Crippen molar-refractivity contribution in [1.82, 2.24) is 0 Å². The molecule has 0 radical (unpaired) electrons. The van der Waals surface area contributed by atoms with Gasteiger partial charge in [-0.25, -0.2) is 4.21 Å². The van der Waals surface area contributed by atoms with Crippen molar-refractivity contribution in [2.75, 3.05) is 5.75 Å². The van der Waals surface area contributed by atoms with Crippen molar-refractivity contribution in [2.24, 2.45) is 0 Å². The Morgan fingerprint density at radius 3 is 3.00 bits per heavy atom. The topological polar surface area (TPSA) is 26.3 Å². The van der Waals surface area contributed by atoms with Gasteiger partial charge in [0.1, 0.15) is 5.01 Å². The van der Waals surface area contributed by atoms with Gasteiger partial charge in [0.05, 0.1) is 5.75 Å². The first-order valence-electron chi connectivity index (χ1n) is 2.15. The fraction of sp³-hybridized carbons (Fsp3) is 0.500. The van der Waals surface area contributed by atoms with Gasteiger partial charge in [0.2, 0.25) is 0 Å².